The Bertz CT molecular complexity index is 416. The van der Waals surface area contributed by atoms with Crippen LogP contribution in [0.3, 0.4) is 0 Å². The fraction of sp³-hybridized carbons (Fsp3) is 0.643. The number of rotatable bonds is 2. The van der Waals surface area contributed by atoms with E-state index in [1.165, 1.54) is 0 Å². The van der Waals surface area contributed by atoms with Crippen molar-refractivity contribution >= 4 is 17.3 Å². The second-order valence-corrected chi connectivity index (χ2v) is 6.38. The molecule has 0 aliphatic carbocycles. The molecule has 0 spiro atoms. The Hall–Kier alpha value is -0.800. The van der Waals surface area contributed by atoms with Gasteiger partial charge in [-0.2, -0.15) is 0 Å². The molecule has 4 heteroatoms. The molecule has 1 aromatic heterocycles. The topological polar surface area (TPSA) is 25.4 Å². The maximum atomic E-state index is 6.09. The van der Waals surface area contributed by atoms with Crippen molar-refractivity contribution in [3.8, 4) is 0 Å². The van der Waals surface area contributed by atoms with Gasteiger partial charge < -0.3 is 9.64 Å². The van der Waals surface area contributed by atoms with Crippen LogP contribution in [-0.4, -0.2) is 29.3 Å². The monoisotopic (exact) mass is 268 g/mol. The zero-order chi connectivity index (χ0) is 13.4. The lowest BCUT2D eigenvalue weighted by Crippen LogP contribution is -2.57. The number of aromatic nitrogens is 1. The molecule has 0 saturated carbocycles. The maximum absolute atomic E-state index is 6.09. The highest BCUT2D eigenvalue weighted by Crippen LogP contribution is 2.32. The second-order valence-electron chi connectivity index (χ2n) is 6.12. The average Bonchev–Trinajstić information content (AvgIpc) is 2.24. The second kappa shape index (κ2) is 4.71. The fourth-order valence-corrected chi connectivity index (χ4v) is 3.00. The van der Waals surface area contributed by atoms with E-state index in [0.29, 0.717) is 5.88 Å². The SMILES string of the molecule is CC1(C)CN(c2cnccc2CCl)CC(C)(C)O1. The van der Waals surface area contributed by atoms with Gasteiger partial charge in [-0.1, -0.05) is 0 Å². The largest absolute Gasteiger partial charge is 0.366 e. The van der Waals surface area contributed by atoms with Gasteiger partial charge in [0.05, 0.1) is 23.1 Å². The Kier molecular flexibility index (Phi) is 3.56. The van der Waals surface area contributed by atoms with Crippen LogP contribution in [-0.2, 0) is 10.6 Å². The first kappa shape index (κ1) is 13.6. The minimum atomic E-state index is -0.166. The van der Waals surface area contributed by atoms with E-state index in [4.69, 9.17) is 16.3 Å². The molecule has 18 heavy (non-hydrogen) atoms. The van der Waals surface area contributed by atoms with Crippen molar-refractivity contribution in [1.82, 2.24) is 4.98 Å². The highest BCUT2D eigenvalue weighted by atomic mass is 35.5. The molecule has 1 aliphatic heterocycles. The van der Waals surface area contributed by atoms with E-state index in [9.17, 15) is 0 Å². The predicted molar refractivity (Wildman–Crippen MR) is 75.3 cm³/mol. The highest BCUT2D eigenvalue weighted by molar-refractivity contribution is 6.17. The molecule has 0 N–H and O–H groups in total. The molecule has 0 amide bonds. The molecule has 3 nitrogen and oxygen atoms in total. The number of alkyl halides is 1. The molecule has 0 aromatic carbocycles. The molecular formula is C14H21ClN2O. The van der Waals surface area contributed by atoms with Crippen LogP contribution in [0.1, 0.15) is 33.3 Å². The van der Waals surface area contributed by atoms with Gasteiger partial charge in [-0.3, -0.25) is 4.98 Å². The van der Waals surface area contributed by atoms with Crippen LogP contribution in [0.4, 0.5) is 5.69 Å². The summed E-state index contributed by atoms with van der Waals surface area (Å²) >= 11 is 6.01. The van der Waals surface area contributed by atoms with Gasteiger partial charge in [-0.15, -0.1) is 11.6 Å². The summed E-state index contributed by atoms with van der Waals surface area (Å²) in [4.78, 5) is 6.55. The van der Waals surface area contributed by atoms with E-state index < -0.39 is 0 Å². The number of ether oxygens (including phenoxy) is 1. The van der Waals surface area contributed by atoms with Gasteiger partial charge in [0.2, 0.25) is 0 Å². The van der Waals surface area contributed by atoms with Crippen molar-refractivity contribution in [3.63, 3.8) is 0 Å². The van der Waals surface area contributed by atoms with Crippen molar-refractivity contribution in [2.75, 3.05) is 18.0 Å². The van der Waals surface area contributed by atoms with Crippen molar-refractivity contribution < 1.29 is 4.74 Å². The Balaban J connectivity index is 2.32. The molecule has 0 radical (unpaired) electrons. The Morgan fingerprint density at radius 1 is 1.28 bits per heavy atom. The molecule has 1 aromatic rings. The zero-order valence-electron chi connectivity index (χ0n) is 11.5. The molecule has 0 unspecified atom stereocenters. The molecule has 1 saturated heterocycles. The Morgan fingerprint density at radius 3 is 2.44 bits per heavy atom. The normalized spacial score (nSPS) is 21.9. The van der Waals surface area contributed by atoms with Crippen LogP contribution in [0.25, 0.3) is 0 Å². The first-order valence-corrected chi connectivity index (χ1v) is 6.80. The van der Waals surface area contributed by atoms with Gasteiger partial charge in [0.15, 0.2) is 0 Å². The summed E-state index contributed by atoms with van der Waals surface area (Å²) in [5, 5.41) is 0. The number of halogens is 1. The fourth-order valence-electron chi connectivity index (χ4n) is 2.77. The van der Waals surface area contributed by atoms with Crippen LogP contribution >= 0.6 is 11.6 Å². The van der Waals surface area contributed by atoms with Gasteiger partial charge in [0.1, 0.15) is 0 Å². The van der Waals surface area contributed by atoms with Crippen LogP contribution in [0.2, 0.25) is 0 Å². The summed E-state index contributed by atoms with van der Waals surface area (Å²) in [7, 11) is 0. The minimum absolute atomic E-state index is 0.166. The predicted octanol–water partition coefficient (Wildman–Crippen LogP) is 3.21. The maximum Gasteiger partial charge on any atom is 0.0808 e. The first-order valence-electron chi connectivity index (χ1n) is 6.27. The quantitative estimate of drug-likeness (QED) is 0.770. The van der Waals surface area contributed by atoms with Crippen LogP contribution in [0, 0.1) is 0 Å². The van der Waals surface area contributed by atoms with E-state index in [-0.39, 0.29) is 11.2 Å². The third kappa shape index (κ3) is 2.96. The van der Waals surface area contributed by atoms with Crippen LogP contribution in [0.15, 0.2) is 18.5 Å². The highest BCUT2D eigenvalue weighted by Gasteiger charge is 2.38. The smallest absolute Gasteiger partial charge is 0.0808 e. The van der Waals surface area contributed by atoms with E-state index in [2.05, 4.69) is 37.6 Å². The lowest BCUT2D eigenvalue weighted by atomic mass is 9.98. The summed E-state index contributed by atoms with van der Waals surface area (Å²) in [6, 6.07) is 1.98. The summed E-state index contributed by atoms with van der Waals surface area (Å²) < 4.78 is 6.09. The van der Waals surface area contributed by atoms with Crippen molar-refractivity contribution in [1.29, 1.82) is 0 Å². The zero-order valence-corrected chi connectivity index (χ0v) is 12.3. The molecule has 100 valence electrons. The summed E-state index contributed by atoms with van der Waals surface area (Å²) in [5.41, 5.74) is 1.92. The lowest BCUT2D eigenvalue weighted by molar-refractivity contribution is -0.133. The first-order chi connectivity index (χ1) is 8.33. The van der Waals surface area contributed by atoms with Crippen molar-refractivity contribution in [2.24, 2.45) is 0 Å². The standard InChI is InChI=1S/C14H21ClN2O/c1-13(2)9-17(10-14(3,4)18-13)12-8-16-6-5-11(12)7-15/h5-6,8H,7,9-10H2,1-4H3. The number of morpholine rings is 1. The summed E-state index contributed by atoms with van der Waals surface area (Å²) in [6.07, 6.45) is 3.69. The molecule has 1 aliphatic rings. The summed E-state index contributed by atoms with van der Waals surface area (Å²) in [5.74, 6) is 0.510. The average molecular weight is 269 g/mol. The van der Waals surface area contributed by atoms with E-state index >= 15 is 0 Å². The van der Waals surface area contributed by atoms with Crippen molar-refractivity contribution in [2.45, 2.75) is 44.8 Å². The number of anilines is 1. The van der Waals surface area contributed by atoms with Crippen molar-refractivity contribution in [3.05, 3.63) is 24.0 Å². The number of pyridine rings is 1. The number of hydrogen-bond donors (Lipinski definition) is 0. The van der Waals surface area contributed by atoms with Gasteiger partial charge >= 0.3 is 0 Å². The van der Waals surface area contributed by atoms with Gasteiger partial charge in [-0.25, -0.2) is 0 Å². The van der Waals surface area contributed by atoms with E-state index in [1.807, 2.05) is 12.3 Å². The molecular weight excluding hydrogens is 248 g/mol. The third-order valence-electron chi connectivity index (χ3n) is 3.07. The van der Waals surface area contributed by atoms with Crippen LogP contribution < -0.4 is 4.90 Å². The molecule has 0 bridgehead atoms. The lowest BCUT2D eigenvalue weighted by Gasteiger charge is -2.48. The number of hydrogen-bond acceptors (Lipinski definition) is 3. The van der Waals surface area contributed by atoms with Gasteiger partial charge in [0, 0.05) is 25.2 Å². The summed E-state index contributed by atoms with van der Waals surface area (Å²) in [6.45, 7) is 10.2. The Labute approximate surface area is 114 Å². The minimum Gasteiger partial charge on any atom is -0.366 e. The number of nitrogens with zero attached hydrogens (tertiary/aromatic N) is 2. The molecule has 2 heterocycles. The van der Waals surface area contributed by atoms with E-state index in [1.54, 1.807) is 6.20 Å². The molecule has 2 rings (SSSR count). The Morgan fingerprint density at radius 2 is 1.89 bits per heavy atom. The molecule has 1 fully saturated rings. The van der Waals surface area contributed by atoms with E-state index in [0.717, 1.165) is 24.3 Å². The molecule has 0 atom stereocenters. The third-order valence-corrected chi connectivity index (χ3v) is 3.36. The van der Waals surface area contributed by atoms with Gasteiger partial charge in [-0.05, 0) is 39.3 Å². The van der Waals surface area contributed by atoms with Crippen LogP contribution in [0.5, 0.6) is 0 Å². The van der Waals surface area contributed by atoms with Gasteiger partial charge in [0.25, 0.3) is 0 Å².